The summed E-state index contributed by atoms with van der Waals surface area (Å²) in [5, 5.41) is 3.31. The summed E-state index contributed by atoms with van der Waals surface area (Å²) in [4.78, 5) is 0. The summed E-state index contributed by atoms with van der Waals surface area (Å²) in [6, 6.07) is 5.17. The molecule has 1 saturated heterocycles. The van der Waals surface area contributed by atoms with E-state index in [1.54, 1.807) is 18.2 Å². The van der Waals surface area contributed by atoms with E-state index >= 15 is 0 Å². The van der Waals surface area contributed by atoms with Gasteiger partial charge in [-0.05, 0) is 36.5 Å². The van der Waals surface area contributed by atoms with Crippen molar-refractivity contribution < 1.29 is 18.3 Å². The first-order chi connectivity index (χ1) is 9.70. The van der Waals surface area contributed by atoms with Crippen molar-refractivity contribution in [1.82, 2.24) is 5.32 Å². The lowest BCUT2D eigenvalue weighted by Crippen LogP contribution is -2.22. The molecule has 1 heterocycles. The van der Waals surface area contributed by atoms with Crippen molar-refractivity contribution in [1.29, 1.82) is 0 Å². The Labute approximate surface area is 122 Å². The summed E-state index contributed by atoms with van der Waals surface area (Å²) < 4.78 is 34.6. The number of nitrogens with one attached hydrogen (secondary N) is 1. The third-order valence-electron chi connectivity index (χ3n) is 3.26. The average Bonchev–Trinajstić information content (AvgIpc) is 2.93. The van der Waals surface area contributed by atoms with Crippen LogP contribution < -0.4 is 14.8 Å². The second-order valence-corrected chi connectivity index (χ2v) is 5.84. The minimum absolute atomic E-state index is 0.123. The maximum atomic E-state index is 12.5. The molecule has 20 heavy (non-hydrogen) atoms. The molecular formula is C14H19F2NO2S. The van der Waals surface area contributed by atoms with E-state index in [0.29, 0.717) is 23.8 Å². The minimum Gasteiger partial charge on any atom is -0.493 e. The molecule has 0 aromatic heterocycles. The van der Waals surface area contributed by atoms with Crippen molar-refractivity contribution in [3.05, 3.63) is 23.8 Å². The Morgan fingerprint density at radius 2 is 2.30 bits per heavy atom. The van der Waals surface area contributed by atoms with Crippen molar-refractivity contribution in [3.63, 3.8) is 0 Å². The van der Waals surface area contributed by atoms with E-state index in [1.807, 2.05) is 11.8 Å². The molecule has 1 aromatic carbocycles. The number of halogens is 2. The lowest BCUT2D eigenvalue weighted by Gasteiger charge is -2.16. The van der Waals surface area contributed by atoms with Crippen LogP contribution in [-0.4, -0.2) is 31.8 Å². The second-order valence-electron chi connectivity index (χ2n) is 4.69. The maximum absolute atomic E-state index is 12.5. The van der Waals surface area contributed by atoms with Gasteiger partial charge in [-0.15, -0.1) is 0 Å². The average molecular weight is 303 g/mol. The van der Waals surface area contributed by atoms with Crippen LogP contribution in [0, 0.1) is 5.92 Å². The van der Waals surface area contributed by atoms with Crippen molar-refractivity contribution in [3.8, 4) is 11.5 Å². The van der Waals surface area contributed by atoms with Crippen LogP contribution in [0.3, 0.4) is 0 Å². The fourth-order valence-corrected chi connectivity index (χ4v) is 3.52. The molecule has 1 aromatic rings. The lowest BCUT2D eigenvalue weighted by atomic mass is 10.1. The number of para-hydroxylation sites is 1. The van der Waals surface area contributed by atoms with Gasteiger partial charge in [-0.25, -0.2) is 0 Å². The van der Waals surface area contributed by atoms with Gasteiger partial charge in [0.15, 0.2) is 11.5 Å². The first-order valence-corrected chi connectivity index (χ1v) is 7.75. The number of hydrogen-bond donors (Lipinski definition) is 1. The fraction of sp³-hybridized carbons (Fsp3) is 0.571. The van der Waals surface area contributed by atoms with Crippen molar-refractivity contribution in [2.24, 2.45) is 5.92 Å². The molecule has 3 nitrogen and oxygen atoms in total. The van der Waals surface area contributed by atoms with Crippen molar-refractivity contribution >= 4 is 11.8 Å². The Bertz CT molecular complexity index is 426. The number of rotatable bonds is 7. The largest absolute Gasteiger partial charge is 0.493 e. The first-order valence-electron chi connectivity index (χ1n) is 6.60. The highest BCUT2D eigenvalue weighted by molar-refractivity contribution is 7.99. The number of ether oxygens (including phenoxy) is 2. The molecule has 0 aliphatic carbocycles. The van der Waals surface area contributed by atoms with Crippen LogP contribution in [0.4, 0.5) is 8.78 Å². The Balaban J connectivity index is 1.97. The van der Waals surface area contributed by atoms with Crippen LogP contribution >= 0.6 is 11.8 Å². The van der Waals surface area contributed by atoms with Gasteiger partial charge < -0.3 is 14.8 Å². The molecule has 1 atom stereocenters. The topological polar surface area (TPSA) is 30.5 Å². The van der Waals surface area contributed by atoms with Gasteiger partial charge in [0, 0.05) is 12.1 Å². The van der Waals surface area contributed by atoms with Crippen LogP contribution in [0.5, 0.6) is 11.5 Å². The van der Waals surface area contributed by atoms with Crippen LogP contribution in [0.2, 0.25) is 0 Å². The predicted molar refractivity (Wildman–Crippen MR) is 76.8 cm³/mol. The van der Waals surface area contributed by atoms with Crippen molar-refractivity contribution in [2.75, 3.05) is 25.2 Å². The second kappa shape index (κ2) is 7.69. The molecule has 1 aliphatic rings. The quantitative estimate of drug-likeness (QED) is 0.838. The maximum Gasteiger partial charge on any atom is 0.387 e. The van der Waals surface area contributed by atoms with Crippen LogP contribution in [-0.2, 0) is 6.54 Å². The molecule has 1 aliphatic heterocycles. The molecule has 2 rings (SSSR count). The summed E-state index contributed by atoms with van der Waals surface area (Å²) in [7, 11) is 1.45. The number of benzene rings is 1. The van der Waals surface area contributed by atoms with E-state index in [1.165, 1.54) is 25.0 Å². The van der Waals surface area contributed by atoms with E-state index < -0.39 is 6.61 Å². The third-order valence-corrected chi connectivity index (χ3v) is 4.49. The van der Waals surface area contributed by atoms with Gasteiger partial charge in [0.1, 0.15) is 0 Å². The highest BCUT2D eigenvalue weighted by atomic mass is 32.2. The summed E-state index contributed by atoms with van der Waals surface area (Å²) in [6.45, 7) is -1.45. The SMILES string of the molecule is COc1cccc(CNCC2CCSC2)c1OC(F)F. The molecule has 0 amide bonds. The zero-order valence-corrected chi connectivity index (χ0v) is 12.2. The Morgan fingerprint density at radius 1 is 1.45 bits per heavy atom. The number of methoxy groups -OCH3 is 1. The smallest absolute Gasteiger partial charge is 0.387 e. The highest BCUT2D eigenvalue weighted by Gasteiger charge is 2.17. The van der Waals surface area contributed by atoms with Crippen LogP contribution in [0.1, 0.15) is 12.0 Å². The lowest BCUT2D eigenvalue weighted by molar-refractivity contribution is -0.0518. The number of hydrogen-bond acceptors (Lipinski definition) is 4. The Kier molecular flexibility index (Phi) is 5.91. The summed E-state index contributed by atoms with van der Waals surface area (Å²) in [6.07, 6.45) is 1.22. The Hall–Kier alpha value is -1.01. The van der Waals surface area contributed by atoms with Gasteiger partial charge in [0.2, 0.25) is 0 Å². The molecule has 0 bridgehead atoms. The van der Waals surface area contributed by atoms with Gasteiger partial charge in [0.05, 0.1) is 7.11 Å². The van der Waals surface area contributed by atoms with E-state index in [0.717, 1.165) is 6.54 Å². The summed E-state index contributed by atoms with van der Waals surface area (Å²) >= 11 is 1.96. The van der Waals surface area contributed by atoms with Crippen LogP contribution in [0.25, 0.3) is 0 Å². The summed E-state index contributed by atoms with van der Waals surface area (Å²) in [5.74, 6) is 3.51. The first kappa shape index (κ1) is 15.4. The minimum atomic E-state index is -2.85. The molecule has 0 spiro atoms. The normalized spacial score (nSPS) is 18.5. The molecule has 112 valence electrons. The third kappa shape index (κ3) is 4.24. The standard InChI is InChI=1S/C14H19F2NO2S/c1-18-12-4-2-3-11(13(12)19-14(15)16)8-17-7-10-5-6-20-9-10/h2-4,10,14,17H,5-9H2,1H3. The molecule has 6 heteroatoms. The zero-order valence-electron chi connectivity index (χ0n) is 11.4. The zero-order chi connectivity index (χ0) is 14.4. The van der Waals surface area contributed by atoms with Gasteiger partial charge in [-0.3, -0.25) is 0 Å². The van der Waals surface area contributed by atoms with Crippen LogP contribution in [0.15, 0.2) is 18.2 Å². The van der Waals surface area contributed by atoms with Crippen molar-refractivity contribution in [2.45, 2.75) is 19.6 Å². The fourth-order valence-electron chi connectivity index (χ4n) is 2.24. The van der Waals surface area contributed by atoms with Gasteiger partial charge in [-0.1, -0.05) is 12.1 Å². The predicted octanol–water partition coefficient (Wildman–Crippen LogP) is 3.14. The van der Waals surface area contributed by atoms with Gasteiger partial charge in [0.25, 0.3) is 0 Å². The van der Waals surface area contributed by atoms with E-state index in [-0.39, 0.29) is 5.75 Å². The molecular weight excluding hydrogens is 284 g/mol. The van der Waals surface area contributed by atoms with E-state index in [2.05, 4.69) is 10.1 Å². The molecule has 1 N–H and O–H groups in total. The molecule has 0 saturated carbocycles. The van der Waals surface area contributed by atoms with Gasteiger partial charge >= 0.3 is 6.61 Å². The molecule has 0 radical (unpaired) electrons. The molecule has 1 unspecified atom stereocenters. The number of thioether (sulfide) groups is 1. The van der Waals surface area contributed by atoms with Gasteiger partial charge in [-0.2, -0.15) is 20.5 Å². The van der Waals surface area contributed by atoms with E-state index in [9.17, 15) is 8.78 Å². The number of alkyl halides is 2. The summed E-state index contributed by atoms with van der Waals surface area (Å²) in [5.41, 5.74) is 0.690. The van der Waals surface area contributed by atoms with E-state index in [4.69, 9.17) is 4.74 Å². The monoisotopic (exact) mass is 303 g/mol. The highest BCUT2D eigenvalue weighted by Crippen LogP contribution is 2.32. The Morgan fingerprint density at radius 3 is 2.95 bits per heavy atom. The molecule has 1 fully saturated rings.